The molecule has 41 heavy (non-hydrogen) atoms. The summed E-state index contributed by atoms with van der Waals surface area (Å²) in [4.78, 5) is 0. The van der Waals surface area contributed by atoms with E-state index in [2.05, 4.69) is 45.0 Å². The summed E-state index contributed by atoms with van der Waals surface area (Å²) in [7, 11) is -9.62. The first-order valence-corrected chi connectivity index (χ1v) is 17.4. The second-order valence-electron chi connectivity index (χ2n) is 13.9. The first-order chi connectivity index (χ1) is 18.8. The molecule has 3 saturated carbocycles. The Labute approximate surface area is 246 Å². The molecule has 4 rings (SSSR count). The SMILES string of the molecule is C=C1CCCC(C)(C)C1CCC1(C)CCCC2(C)C(Cc3cc(OS(=O)(=O)O)ccc3OS(=O)(=O)O)C(=C)CCC12. The first-order valence-electron chi connectivity index (χ1n) is 14.7. The van der Waals surface area contributed by atoms with E-state index in [1.807, 2.05) is 0 Å². The van der Waals surface area contributed by atoms with E-state index >= 15 is 0 Å². The van der Waals surface area contributed by atoms with Crippen LogP contribution in [0.15, 0.2) is 42.5 Å². The summed E-state index contributed by atoms with van der Waals surface area (Å²) >= 11 is 0. The molecule has 0 amide bonds. The van der Waals surface area contributed by atoms with E-state index in [9.17, 15) is 25.9 Å². The molecule has 1 aromatic carbocycles. The van der Waals surface area contributed by atoms with E-state index in [1.165, 1.54) is 30.5 Å². The van der Waals surface area contributed by atoms with Gasteiger partial charge in [-0.25, -0.2) is 0 Å². The van der Waals surface area contributed by atoms with Crippen molar-refractivity contribution in [3.63, 3.8) is 0 Å². The fourth-order valence-electron chi connectivity index (χ4n) is 8.80. The topological polar surface area (TPSA) is 127 Å². The van der Waals surface area contributed by atoms with Gasteiger partial charge in [0.2, 0.25) is 0 Å². The normalized spacial score (nSPS) is 32.3. The summed E-state index contributed by atoms with van der Waals surface area (Å²) in [6, 6.07) is 3.72. The minimum atomic E-state index is -4.83. The van der Waals surface area contributed by atoms with Crippen LogP contribution in [0.5, 0.6) is 11.5 Å². The van der Waals surface area contributed by atoms with Crippen LogP contribution < -0.4 is 8.37 Å². The lowest BCUT2D eigenvalue weighted by atomic mass is 9.45. The highest BCUT2D eigenvalue weighted by atomic mass is 32.3. The van der Waals surface area contributed by atoms with Crippen molar-refractivity contribution in [3.8, 4) is 11.5 Å². The summed E-state index contributed by atoms with van der Waals surface area (Å²) in [6.07, 6.45) is 11.2. The summed E-state index contributed by atoms with van der Waals surface area (Å²) in [5.74, 6) is 0.595. The lowest BCUT2D eigenvalue weighted by Gasteiger charge is -2.59. The van der Waals surface area contributed by atoms with Crippen LogP contribution in [0, 0.1) is 34.0 Å². The predicted octanol–water partition coefficient (Wildman–Crippen LogP) is 7.53. The second-order valence-corrected chi connectivity index (χ2v) is 15.9. The third-order valence-electron chi connectivity index (χ3n) is 10.8. The van der Waals surface area contributed by atoms with Crippen LogP contribution >= 0.6 is 0 Å². The summed E-state index contributed by atoms with van der Waals surface area (Å²) in [5.41, 5.74) is 3.06. The Hall–Kier alpha value is -1.88. The van der Waals surface area contributed by atoms with E-state index in [0.717, 1.165) is 63.0 Å². The maximum atomic E-state index is 11.6. The van der Waals surface area contributed by atoms with Gasteiger partial charge in [-0.05, 0) is 116 Å². The largest absolute Gasteiger partial charge is 0.446 e. The third kappa shape index (κ3) is 7.20. The molecule has 3 fully saturated rings. The molecule has 0 saturated heterocycles. The number of allylic oxidation sites excluding steroid dienone is 2. The predicted molar refractivity (Wildman–Crippen MR) is 159 cm³/mol. The van der Waals surface area contributed by atoms with Crippen LogP contribution in [0.25, 0.3) is 0 Å². The van der Waals surface area contributed by atoms with Gasteiger partial charge in [-0.15, -0.1) is 0 Å². The number of hydrogen-bond acceptors (Lipinski definition) is 6. The van der Waals surface area contributed by atoms with Crippen molar-refractivity contribution in [2.75, 3.05) is 0 Å². The number of fused-ring (bicyclic) bond motifs is 1. The van der Waals surface area contributed by atoms with Gasteiger partial charge in [-0.3, -0.25) is 9.11 Å². The van der Waals surface area contributed by atoms with Gasteiger partial charge in [-0.1, -0.05) is 58.4 Å². The van der Waals surface area contributed by atoms with Gasteiger partial charge in [0.25, 0.3) is 0 Å². The van der Waals surface area contributed by atoms with E-state index < -0.39 is 20.8 Å². The molecule has 0 aliphatic heterocycles. The molecule has 3 aliphatic carbocycles. The quantitative estimate of drug-likeness (QED) is 0.217. The molecule has 3 aliphatic rings. The van der Waals surface area contributed by atoms with Gasteiger partial charge < -0.3 is 8.37 Å². The molecule has 230 valence electrons. The lowest BCUT2D eigenvalue weighted by molar-refractivity contribution is -0.0689. The molecule has 5 atom stereocenters. The van der Waals surface area contributed by atoms with Gasteiger partial charge in [0.15, 0.2) is 0 Å². The van der Waals surface area contributed by atoms with E-state index in [-0.39, 0.29) is 33.7 Å². The van der Waals surface area contributed by atoms with E-state index in [0.29, 0.717) is 23.8 Å². The van der Waals surface area contributed by atoms with Crippen LogP contribution in [-0.2, 0) is 27.2 Å². The van der Waals surface area contributed by atoms with Crippen molar-refractivity contribution in [1.29, 1.82) is 0 Å². The minimum Gasteiger partial charge on any atom is -0.362 e. The van der Waals surface area contributed by atoms with Crippen molar-refractivity contribution in [2.45, 2.75) is 98.3 Å². The molecule has 10 heteroatoms. The molecule has 2 N–H and O–H groups in total. The Bertz CT molecular complexity index is 1400. The monoisotopic (exact) mass is 610 g/mol. The summed E-state index contributed by atoms with van der Waals surface area (Å²) in [6.45, 7) is 18.4. The molecule has 0 bridgehead atoms. The zero-order valence-corrected chi connectivity index (χ0v) is 26.4. The van der Waals surface area contributed by atoms with E-state index in [4.69, 9.17) is 4.18 Å². The lowest BCUT2D eigenvalue weighted by Crippen LogP contribution is -2.51. The highest BCUT2D eigenvalue weighted by Gasteiger charge is 2.54. The molecule has 1 aromatic rings. The average Bonchev–Trinajstić information content (AvgIpc) is 2.80. The van der Waals surface area contributed by atoms with Crippen LogP contribution in [0.2, 0.25) is 0 Å². The molecule has 0 radical (unpaired) electrons. The molecular formula is C31H46O8S2. The van der Waals surface area contributed by atoms with Gasteiger partial charge in [0.05, 0.1) is 0 Å². The average molecular weight is 611 g/mol. The highest BCUT2D eigenvalue weighted by molar-refractivity contribution is 7.81. The standard InChI is InChI=1S/C31H46O8S2/c1-21-9-7-15-29(3,4)25(21)14-18-30(5)16-8-17-31(6)26(22(2)10-13-28(30)31)20-23-19-24(38-40(32,33)34)11-12-27(23)39-41(35,36)37/h11-12,19,25-26,28H,1-2,7-10,13-18,20H2,3-6H3,(H,32,33,34)(H,35,36,37). The molecule has 5 unspecified atom stereocenters. The van der Waals surface area contributed by atoms with Crippen molar-refractivity contribution < 1.29 is 34.3 Å². The van der Waals surface area contributed by atoms with Crippen LogP contribution in [0.1, 0.15) is 97.5 Å². The summed E-state index contributed by atoms with van der Waals surface area (Å²) in [5, 5.41) is 0. The zero-order valence-electron chi connectivity index (χ0n) is 24.8. The number of hydrogen-bond donors (Lipinski definition) is 2. The van der Waals surface area contributed by atoms with Crippen molar-refractivity contribution in [1.82, 2.24) is 0 Å². The molecule has 0 aromatic heterocycles. The summed E-state index contributed by atoms with van der Waals surface area (Å²) < 4.78 is 74.1. The minimum absolute atomic E-state index is 0.0355. The fraction of sp³-hybridized carbons (Fsp3) is 0.677. The van der Waals surface area contributed by atoms with Crippen LogP contribution in [0.4, 0.5) is 0 Å². The molecular weight excluding hydrogens is 564 g/mol. The maximum Gasteiger partial charge on any atom is 0.446 e. The Morgan fingerprint density at radius 1 is 0.878 bits per heavy atom. The fourth-order valence-corrected chi connectivity index (χ4v) is 9.54. The van der Waals surface area contributed by atoms with Gasteiger partial charge >= 0.3 is 20.8 Å². The smallest absolute Gasteiger partial charge is 0.362 e. The second kappa shape index (κ2) is 11.3. The van der Waals surface area contributed by atoms with Crippen LogP contribution in [0.3, 0.4) is 0 Å². The first kappa shape index (κ1) is 32.0. The van der Waals surface area contributed by atoms with Gasteiger partial charge in [-0.2, -0.15) is 16.8 Å². The van der Waals surface area contributed by atoms with Gasteiger partial charge in [0, 0.05) is 5.56 Å². The van der Waals surface area contributed by atoms with E-state index in [1.54, 1.807) is 0 Å². The molecule has 0 heterocycles. The molecule has 0 spiro atoms. The number of benzene rings is 1. The Morgan fingerprint density at radius 2 is 1.54 bits per heavy atom. The zero-order chi connectivity index (χ0) is 30.4. The Kier molecular flexibility index (Phi) is 8.85. The van der Waals surface area contributed by atoms with Crippen molar-refractivity contribution >= 4 is 20.8 Å². The Balaban J connectivity index is 1.64. The van der Waals surface area contributed by atoms with Crippen LogP contribution in [-0.4, -0.2) is 25.9 Å². The van der Waals surface area contributed by atoms with Crippen molar-refractivity contribution in [3.05, 3.63) is 48.1 Å². The molecule has 8 nitrogen and oxygen atoms in total. The third-order valence-corrected chi connectivity index (χ3v) is 11.5. The maximum absolute atomic E-state index is 11.6. The van der Waals surface area contributed by atoms with Gasteiger partial charge in [0.1, 0.15) is 11.5 Å². The highest BCUT2D eigenvalue weighted by Crippen LogP contribution is 2.63. The Morgan fingerprint density at radius 3 is 2.17 bits per heavy atom. The number of rotatable bonds is 9. The van der Waals surface area contributed by atoms with Crippen molar-refractivity contribution in [2.24, 2.45) is 34.0 Å².